The number of hydrogen-bond donors (Lipinski definition) is 0. The molecule has 4 heteroatoms. The molecular formula is C15H22N2O2. The van der Waals surface area contributed by atoms with Crippen LogP contribution in [0, 0.1) is 11.3 Å². The number of carbonyl (C=O) groups excluding carboxylic acids is 2. The molecule has 19 heavy (non-hydrogen) atoms. The maximum Gasteiger partial charge on any atom is 0.243 e. The van der Waals surface area contributed by atoms with Gasteiger partial charge in [-0.15, -0.1) is 0 Å². The summed E-state index contributed by atoms with van der Waals surface area (Å²) in [6, 6.07) is 0. The first-order chi connectivity index (χ1) is 8.84. The smallest absolute Gasteiger partial charge is 0.243 e. The number of nitrogens with zero attached hydrogens (tertiary/aromatic N) is 2. The third-order valence-electron chi connectivity index (χ3n) is 6.71. The average Bonchev–Trinajstić information content (AvgIpc) is 2.84. The molecule has 0 aromatic carbocycles. The van der Waals surface area contributed by atoms with E-state index in [0.717, 1.165) is 32.4 Å². The highest BCUT2D eigenvalue weighted by atomic mass is 16.2. The summed E-state index contributed by atoms with van der Waals surface area (Å²) >= 11 is 0. The Hall–Kier alpha value is -0.900. The van der Waals surface area contributed by atoms with E-state index in [1.54, 1.807) is 0 Å². The van der Waals surface area contributed by atoms with Crippen molar-refractivity contribution in [2.75, 3.05) is 20.1 Å². The SMILES string of the molecule is CN1C(=O)C23CCCN2CC12CC(=O)C(C)(C)C2C3. The molecule has 1 aliphatic carbocycles. The second-order valence-corrected chi connectivity index (χ2v) is 7.60. The van der Waals surface area contributed by atoms with Crippen LogP contribution < -0.4 is 0 Å². The van der Waals surface area contributed by atoms with Gasteiger partial charge in [0.05, 0.1) is 5.54 Å². The monoisotopic (exact) mass is 262 g/mol. The summed E-state index contributed by atoms with van der Waals surface area (Å²) < 4.78 is 0. The molecule has 4 heterocycles. The normalized spacial score (nSPS) is 47.7. The molecule has 5 fully saturated rings. The number of carbonyl (C=O) groups is 2. The molecule has 5 rings (SSSR count). The Balaban J connectivity index is 1.90. The second kappa shape index (κ2) is 3.05. The van der Waals surface area contributed by atoms with Crippen molar-refractivity contribution in [1.82, 2.24) is 9.80 Å². The lowest BCUT2D eigenvalue weighted by Gasteiger charge is -2.63. The van der Waals surface area contributed by atoms with Crippen LogP contribution in [0.25, 0.3) is 0 Å². The molecule has 1 amide bonds. The van der Waals surface area contributed by atoms with E-state index in [-0.39, 0.29) is 22.4 Å². The van der Waals surface area contributed by atoms with Crippen molar-refractivity contribution in [2.24, 2.45) is 11.3 Å². The zero-order chi connectivity index (χ0) is 13.6. The second-order valence-electron chi connectivity index (χ2n) is 7.60. The number of ketones is 1. The average molecular weight is 262 g/mol. The number of Topliss-reactive ketones (excluding diaryl/α,β-unsaturated/α-hetero) is 1. The Morgan fingerprint density at radius 2 is 2.00 bits per heavy atom. The fourth-order valence-corrected chi connectivity index (χ4v) is 5.47. The summed E-state index contributed by atoms with van der Waals surface area (Å²) in [6.45, 7) is 6.12. The number of piperazine rings is 1. The summed E-state index contributed by atoms with van der Waals surface area (Å²) in [5, 5.41) is 0. The van der Waals surface area contributed by atoms with Gasteiger partial charge in [-0.05, 0) is 31.7 Å². The molecule has 0 aromatic heterocycles. The van der Waals surface area contributed by atoms with Crippen LogP contribution in [0.1, 0.15) is 39.5 Å². The molecule has 4 nitrogen and oxygen atoms in total. The van der Waals surface area contributed by atoms with Crippen molar-refractivity contribution in [2.45, 2.75) is 50.6 Å². The van der Waals surface area contributed by atoms with Crippen molar-refractivity contribution in [1.29, 1.82) is 0 Å². The van der Waals surface area contributed by atoms with Gasteiger partial charge in [-0.1, -0.05) is 13.8 Å². The van der Waals surface area contributed by atoms with Crippen molar-refractivity contribution < 1.29 is 9.59 Å². The first-order valence-corrected chi connectivity index (χ1v) is 7.41. The first kappa shape index (κ1) is 11.9. The number of likely N-dealkylation sites (N-methyl/N-ethyl adjacent to an activating group) is 1. The maximum absolute atomic E-state index is 12.8. The van der Waals surface area contributed by atoms with Crippen LogP contribution in [-0.4, -0.2) is 52.7 Å². The summed E-state index contributed by atoms with van der Waals surface area (Å²) in [7, 11) is 1.93. The molecule has 2 bridgehead atoms. The van der Waals surface area contributed by atoms with Gasteiger partial charge in [0.25, 0.3) is 0 Å². The lowest BCUT2D eigenvalue weighted by Crippen LogP contribution is -2.78. The highest BCUT2D eigenvalue weighted by molar-refractivity contribution is 5.95. The summed E-state index contributed by atoms with van der Waals surface area (Å²) in [5.41, 5.74) is -0.760. The van der Waals surface area contributed by atoms with Crippen molar-refractivity contribution in [3.63, 3.8) is 0 Å². The van der Waals surface area contributed by atoms with Crippen LogP contribution >= 0.6 is 0 Å². The van der Waals surface area contributed by atoms with Crippen LogP contribution in [0.4, 0.5) is 0 Å². The topological polar surface area (TPSA) is 40.6 Å². The minimum atomic E-state index is -0.275. The van der Waals surface area contributed by atoms with E-state index >= 15 is 0 Å². The fraction of sp³-hybridized carbons (Fsp3) is 0.867. The van der Waals surface area contributed by atoms with Gasteiger partial charge in [-0.2, -0.15) is 0 Å². The van der Waals surface area contributed by atoms with E-state index in [1.165, 1.54) is 0 Å². The summed E-state index contributed by atoms with van der Waals surface area (Å²) in [5.74, 6) is 0.956. The Morgan fingerprint density at radius 1 is 1.26 bits per heavy atom. The van der Waals surface area contributed by atoms with Gasteiger partial charge in [-0.3, -0.25) is 14.5 Å². The van der Waals surface area contributed by atoms with E-state index in [2.05, 4.69) is 18.7 Å². The highest BCUT2D eigenvalue weighted by Gasteiger charge is 2.73. The van der Waals surface area contributed by atoms with Crippen molar-refractivity contribution in [3.8, 4) is 0 Å². The zero-order valence-electron chi connectivity index (χ0n) is 12.0. The van der Waals surface area contributed by atoms with Crippen LogP contribution in [0.2, 0.25) is 0 Å². The Kier molecular flexibility index (Phi) is 1.91. The molecule has 0 radical (unpaired) electrons. The Morgan fingerprint density at radius 3 is 2.74 bits per heavy atom. The van der Waals surface area contributed by atoms with Crippen LogP contribution in [0.5, 0.6) is 0 Å². The largest absolute Gasteiger partial charge is 0.336 e. The molecule has 3 atom stereocenters. The van der Waals surface area contributed by atoms with E-state index < -0.39 is 0 Å². The van der Waals surface area contributed by atoms with E-state index in [1.807, 2.05) is 11.9 Å². The van der Waals surface area contributed by atoms with E-state index in [0.29, 0.717) is 18.1 Å². The molecule has 104 valence electrons. The quantitative estimate of drug-likeness (QED) is 0.655. The van der Waals surface area contributed by atoms with Crippen LogP contribution in [0.15, 0.2) is 0 Å². The molecule has 0 N–H and O–H groups in total. The summed E-state index contributed by atoms with van der Waals surface area (Å²) in [4.78, 5) is 29.6. The van der Waals surface area contributed by atoms with Gasteiger partial charge >= 0.3 is 0 Å². The zero-order valence-corrected chi connectivity index (χ0v) is 12.0. The van der Waals surface area contributed by atoms with Gasteiger partial charge in [0.15, 0.2) is 0 Å². The van der Waals surface area contributed by atoms with E-state index in [9.17, 15) is 9.59 Å². The minimum Gasteiger partial charge on any atom is -0.336 e. The maximum atomic E-state index is 12.8. The fourth-order valence-electron chi connectivity index (χ4n) is 5.47. The molecule has 4 aliphatic heterocycles. The number of hydrogen-bond acceptors (Lipinski definition) is 3. The third-order valence-corrected chi connectivity index (χ3v) is 6.71. The molecule has 2 spiro atoms. The van der Waals surface area contributed by atoms with Gasteiger partial charge in [0.2, 0.25) is 5.91 Å². The Bertz CT molecular complexity index is 500. The first-order valence-electron chi connectivity index (χ1n) is 7.41. The van der Waals surface area contributed by atoms with Gasteiger partial charge in [-0.25, -0.2) is 0 Å². The molecule has 4 saturated heterocycles. The van der Waals surface area contributed by atoms with Crippen LogP contribution in [0.3, 0.4) is 0 Å². The lowest BCUT2D eigenvalue weighted by molar-refractivity contribution is -0.184. The number of rotatable bonds is 0. The third kappa shape index (κ3) is 1.04. The molecule has 0 aromatic rings. The lowest BCUT2D eigenvalue weighted by atomic mass is 9.61. The van der Waals surface area contributed by atoms with E-state index in [4.69, 9.17) is 0 Å². The van der Waals surface area contributed by atoms with Gasteiger partial charge in [0.1, 0.15) is 11.3 Å². The predicted molar refractivity (Wildman–Crippen MR) is 70.6 cm³/mol. The number of piperidine rings is 2. The van der Waals surface area contributed by atoms with Gasteiger partial charge in [0, 0.05) is 25.4 Å². The number of amides is 1. The highest BCUT2D eigenvalue weighted by Crippen LogP contribution is 2.61. The number of fused-ring (bicyclic) bond motifs is 1. The standard InChI is InChI=1S/C15H22N2O2/c1-13(2)10-7-14-5-4-6-17(14)9-15(10,8-11(13)18)16(3)12(14)19/h10H,4-9H2,1-3H3. The van der Waals surface area contributed by atoms with Crippen molar-refractivity contribution >= 4 is 11.7 Å². The minimum absolute atomic E-state index is 0.218. The predicted octanol–water partition coefficient (Wildman–Crippen LogP) is 1.05. The molecule has 3 unspecified atom stereocenters. The van der Waals surface area contributed by atoms with Crippen molar-refractivity contribution in [3.05, 3.63) is 0 Å². The van der Waals surface area contributed by atoms with Crippen LogP contribution in [-0.2, 0) is 9.59 Å². The molecule has 5 aliphatic rings. The molecular weight excluding hydrogens is 240 g/mol. The van der Waals surface area contributed by atoms with Gasteiger partial charge < -0.3 is 4.90 Å². The molecule has 1 saturated carbocycles. The summed E-state index contributed by atoms with van der Waals surface area (Å²) in [6.07, 6.45) is 3.55. The Labute approximate surface area is 114 Å².